The van der Waals surface area contributed by atoms with Crippen LogP contribution in [0.15, 0.2) is 24.3 Å². The number of aromatic carboxylic acids is 1. The summed E-state index contributed by atoms with van der Waals surface area (Å²) in [6.07, 6.45) is 0. The number of benzene rings is 1. The van der Waals surface area contributed by atoms with Crippen molar-refractivity contribution in [3.8, 4) is 5.75 Å². The van der Waals surface area contributed by atoms with Gasteiger partial charge >= 0.3 is 5.97 Å². The van der Waals surface area contributed by atoms with Crippen LogP contribution in [0.5, 0.6) is 5.75 Å². The molecular weight excluding hydrogens is 290 g/mol. The summed E-state index contributed by atoms with van der Waals surface area (Å²) in [6.45, 7) is 3.67. The average molecular weight is 305 g/mol. The predicted octanol–water partition coefficient (Wildman–Crippen LogP) is 3.32. The fraction of sp³-hybridized carbons (Fsp3) is 0.200. The Bertz CT molecular complexity index is 706. The molecule has 110 valence electrons. The van der Waals surface area contributed by atoms with Gasteiger partial charge in [-0.3, -0.25) is 4.79 Å². The normalized spacial score (nSPS) is 10.2. The van der Waals surface area contributed by atoms with E-state index >= 15 is 0 Å². The van der Waals surface area contributed by atoms with E-state index in [9.17, 15) is 9.59 Å². The second kappa shape index (κ2) is 5.97. The van der Waals surface area contributed by atoms with Gasteiger partial charge in [0, 0.05) is 10.4 Å². The minimum atomic E-state index is -1.06. The molecule has 1 aromatic carbocycles. The molecule has 1 aromatic heterocycles. The first-order valence-electron chi connectivity index (χ1n) is 6.22. The Kier molecular flexibility index (Phi) is 4.28. The molecule has 6 heteroatoms. The SMILES string of the molecule is COc1cc(C(=O)Nc2sc(C)cc2C(=O)O)ccc1C. The summed E-state index contributed by atoms with van der Waals surface area (Å²) >= 11 is 1.23. The van der Waals surface area contributed by atoms with Gasteiger partial charge in [-0.1, -0.05) is 6.07 Å². The quantitative estimate of drug-likeness (QED) is 0.908. The lowest BCUT2D eigenvalue weighted by atomic mass is 10.1. The highest BCUT2D eigenvalue weighted by atomic mass is 32.1. The fourth-order valence-electron chi connectivity index (χ4n) is 1.90. The summed E-state index contributed by atoms with van der Waals surface area (Å²) in [5.74, 6) is -0.808. The number of nitrogens with one attached hydrogen (secondary N) is 1. The molecule has 0 fully saturated rings. The van der Waals surface area contributed by atoms with Crippen LogP contribution in [-0.2, 0) is 0 Å². The van der Waals surface area contributed by atoms with E-state index in [0.717, 1.165) is 10.4 Å². The second-order valence-electron chi connectivity index (χ2n) is 4.54. The van der Waals surface area contributed by atoms with Gasteiger partial charge in [0.2, 0.25) is 0 Å². The molecule has 0 spiro atoms. The molecule has 2 N–H and O–H groups in total. The number of hydrogen-bond acceptors (Lipinski definition) is 4. The van der Waals surface area contributed by atoms with Gasteiger partial charge in [-0.25, -0.2) is 4.79 Å². The minimum Gasteiger partial charge on any atom is -0.496 e. The van der Waals surface area contributed by atoms with Gasteiger partial charge < -0.3 is 15.2 Å². The topological polar surface area (TPSA) is 75.6 Å². The zero-order valence-electron chi connectivity index (χ0n) is 11.9. The standard InChI is InChI=1S/C15H15NO4S/c1-8-4-5-10(7-12(8)20-3)13(17)16-14-11(15(18)19)6-9(2)21-14/h4-7H,1-3H3,(H,16,17)(H,18,19). The van der Waals surface area contributed by atoms with Crippen molar-refractivity contribution in [1.29, 1.82) is 0 Å². The maximum Gasteiger partial charge on any atom is 0.338 e. The minimum absolute atomic E-state index is 0.102. The molecule has 0 radical (unpaired) electrons. The van der Waals surface area contributed by atoms with Gasteiger partial charge in [0.25, 0.3) is 5.91 Å². The number of amides is 1. The highest BCUT2D eigenvalue weighted by Crippen LogP contribution is 2.28. The number of thiophene rings is 1. The average Bonchev–Trinajstić information content (AvgIpc) is 2.80. The summed E-state index contributed by atoms with van der Waals surface area (Å²) in [6, 6.07) is 6.63. The molecule has 0 aliphatic rings. The third-order valence-electron chi connectivity index (χ3n) is 2.98. The molecule has 2 rings (SSSR count). The monoisotopic (exact) mass is 305 g/mol. The number of methoxy groups -OCH3 is 1. The number of carbonyl (C=O) groups is 2. The zero-order chi connectivity index (χ0) is 15.6. The number of carboxylic acids is 1. The number of rotatable bonds is 4. The van der Waals surface area contributed by atoms with E-state index in [-0.39, 0.29) is 11.5 Å². The summed E-state index contributed by atoms with van der Waals surface area (Å²) < 4.78 is 5.18. The Hall–Kier alpha value is -2.34. The maximum absolute atomic E-state index is 12.2. The van der Waals surface area contributed by atoms with Gasteiger partial charge in [-0.2, -0.15) is 0 Å². The van der Waals surface area contributed by atoms with Crippen LogP contribution in [0, 0.1) is 13.8 Å². The molecule has 5 nitrogen and oxygen atoms in total. The van der Waals surface area contributed by atoms with Crippen molar-refractivity contribution >= 4 is 28.2 Å². The third-order valence-corrected chi connectivity index (χ3v) is 3.95. The Labute approximate surface area is 126 Å². The summed E-state index contributed by atoms with van der Waals surface area (Å²) in [7, 11) is 1.54. The van der Waals surface area contributed by atoms with E-state index in [1.165, 1.54) is 18.4 Å². The number of ether oxygens (including phenoxy) is 1. The second-order valence-corrected chi connectivity index (χ2v) is 5.80. The molecule has 0 aliphatic heterocycles. The van der Waals surface area contributed by atoms with E-state index in [4.69, 9.17) is 9.84 Å². The van der Waals surface area contributed by atoms with Crippen LogP contribution in [0.25, 0.3) is 0 Å². The summed E-state index contributed by atoms with van der Waals surface area (Å²) in [4.78, 5) is 24.2. The smallest absolute Gasteiger partial charge is 0.338 e. The molecule has 0 unspecified atom stereocenters. The van der Waals surface area contributed by atoms with Gasteiger partial charge in [0.15, 0.2) is 0 Å². The number of hydrogen-bond donors (Lipinski definition) is 2. The molecule has 2 aromatic rings. The molecule has 0 saturated carbocycles. The molecule has 0 bridgehead atoms. The van der Waals surface area contributed by atoms with E-state index in [0.29, 0.717) is 16.3 Å². The number of carbonyl (C=O) groups excluding carboxylic acids is 1. The number of anilines is 1. The first-order chi connectivity index (χ1) is 9.92. The number of aryl methyl sites for hydroxylation is 2. The van der Waals surface area contributed by atoms with Gasteiger partial charge in [-0.15, -0.1) is 11.3 Å². The highest BCUT2D eigenvalue weighted by molar-refractivity contribution is 7.16. The first kappa shape index (κ1) is 15.1. The van der Waals surface area contributed by atoms with Crippen molar-refractivity contribution in [2.75, 3.05) is 12.4 Å². The number of carboxylic acid groups (broad SMARTS) is 1. The van der Waals surface area contributed by atoms with Crippen LogP contribution in [0.1, 0.15) is 31.2 Å². The molecule has 0 aliphatic carbocycles. The van der Waals surface area contributed by atoms with Crippen molar-refractivity contribution in [2.24, 2.45) is 0 Å². The van der Waals surface area contributed by atoms with Crippen molar-refractivity contribution in [2.45, 2.75) is 13.8 Å². The largest absolute Gasteiger partial charge is 0.496 e. The maximum atomic E-state index is 12.2. The molecule has 1 heterocycles. The Morgan fingerprint density at radius 3 is 2.57 bits per heavy atom. The van der Waals surface area contributed by atoms with Gasteiger partial charge in [0.1, 0.15) is 10.8 Å². The van der Waals surface area contributed by atoms with Crippen molar-refractivity contribution in [3.63, 3.8) is 0 Å². The van der Waals surface area contributed by atoms with Crippen LogP contribution in [0.4, 0.5) is 5.00 Å². The molecule has 21 heavy (non-hydrogen) atoms. The van der Waals surface area contributed by atoms with Crippen LogP contribution in [-0.4, -0.2) is 24.1 Å². The lowest BCUT2D eigenvalue weighted by Gasteiger charge is -2.08. The molecule has 1 amide bonds. The molecular formula is C15H15NO4S. The van der Waals surface area contributed by atoms with E-state index < -0.39 is 5.97 Å². The summed E-state index contributed by atoms with van der Waals surface area (Å²) in [5, 5.41) is 12.1. The highest BCUT2D eigenvalue weighted by Gasteiger charge is 2.17. The Morgan fingerprint density at radius 2 is 1.95 bits per heavy atom. The predicted molar refractivity (Wildman–Crippen MR) is 81.7 cm³/mol. The van der Waals surface area contributed by atoms with Crippen molar-refractivity contribution < 1.29 is 19.4 Å². The van der Waals surface area contributed by atoms with Crippen LogP contribution < -0.4 is 10.1 Å². The van der Waals surface area contributed by atoms with E-state index in [1.807, 2.05) is 6.92 Å². The Morgan fingerprint density at radius 1 is 1.24 bits per heavy atom. The fourth-order valence-corrected chi connectivity index (χ4v) is 2.80. The van der Waals surface area contributed by atoms with Gasteiger partial charge in [0.05, 0.1) is 12.7 Å². The van der Waals surface area contributed by atoms with Crippen LogP contribution in [0.2, 0.25) is 0 Å². The van der Waals surface area contributed by atoms with E-state index in [2.05, 4.69) is 5.32 Å². The van der Waals surface area contributed by atoms with Crippen molar-refractivity contribution in [3.05, 3.63) is 45.8 Å². The lowest BCUT2D eigenvalue weighted by molar-refractivity contribution is 0.0698. The van der Waals surface area contributed by atoms with Crippen LogP contribution in [0.3, 0.4) is 0 Å². The van der Waals surface area contributed by atoms with Gasteiger partial charge in [-0.05, 0) is 37.6 Å². The lowest BCUT2D eigenvalue weighted by Crippen LogP contribution is -2.13. The van der Waals surface area contributed by atoms with Crippen LogP contribution >= 0.6 is 11.3 Å². The molecule has 0 saturated heterocycles. The van der Waals surface area contributed by atoms with Crippen molar-refractivity contribution in [1.82, 2.24) is 0 Å². The first-order valence-corrected chi connectivity index (χ1v) is 7.03. The molecule has 0 atom stereocenters. The zero-order valence-corrected chi connectivity index (χ0v) is 12.7. The van der Waals surface area contributed by atoms with E-state index in [1.54, 1.807) is 31.2 Å². The Balaban J connectivity index is 2.28. The summed E-state index contributed by atoms with van der Waals surface area (Å²) in [5.41, 5.74) is 1.44. The third kappa shape index (κ3) is 3.22.